The Labute approximate surface area is 146 Å². The van der Waals surface area contributed by atoms with Crippen molar-refractivity contribution in [1.82, 2.24) is 0 Å². The number of ketones is 3. The van der Waals surface area contributed by atoms with Gasteiger partial charge in [-0.15, -0.1) is 0 Å². The van der Waals surface area contributed by atoms with Crippen LogP contribution in [0.2, 0.25) is 0 Å². The third-order valence-electron chi connectivity index (χ3n) is 2.84. The highest BCUT2D eigenvalue weighted by Gasteiger charge is 2.62. The van der Waals surface area contributed by atoms with Gasteiger partial charge < -0.3 is 26.2 Å². The van der Waals surface area contributed by atoms with Crippen LogP contribution in [0.3, 0.4) is 0 Å². The summed E-state index contributed by atoms with van der Waals surface area (Å²) in [5.41, 5.74) is 1.26. The van der Waals surface area contributed by atoms with E-state index in [1.807, 2.05) is 0 Å². The summed E-state index contributed by atoms with van der Waals surface area (Å²) in [6.45, 7) is -1.25. The summed E-state index contributed by atoms with van der Waals surface area (Å²) in [6, 6.07) is 0. The van der Waals surface area contributed by atoms with Crippen molar-refractivity contribution in [2.24, 2.45) is 5.73 Å². The summed E-state index contributed by atoms with van der Waals surface area (Å²) >= 11 is 15.4. The van der Waals surface area contributed by atoms with Crippen LogP contribution in [0.5, 0.6) is 0 Å². The van der Waals surface area contributed by atoms with Crippen molar-refractivity contribution in [3.8, 4) is 0 Å². The molecule has 4 atom stereocenters. The molecule has 0 aromatic heterocycles. The highest BCUT2D eigenvalue weighted by Crippen LogP contribution is 2.35. The molecule has 0 radical (unpaired) electrons. The van der Waals surface area contributed by atoms with E-state index in [0.29, 0.717) is 0 Å². The topological polar surface area (TPSA) is 158 Å². The Morgan fingerprint density at radius 3 is 1.71 bits per heavy atom. The van der Waals surface area contributed by atoms with Gasteiger partial charge in [-0.2, -0.15) is 13.2 Å². The van der Waals surface area contributed by atoms with Crippen LogP contribution in [0, 0.1) is 0 Å². The Balaban J connectivity index is 6.19. The molecule has 0 rings (SSSR count). The van der Waals surface area contributed by atoms with Gasteiger partial charge in [0.25, 0.3) is 3.79 Å². The third-order valence-corrected chi connectivity index (χ3v) is 3.36. The summed E-state index contributed by atoms with van der Waals surface area (Å²) in [5.74, 6) is -8.07. The lowest BCUT2D eigenvalue weighted by Gasteiger charge is -2.36. The maximum atomic E-state index is 12.4. The second kappa shape index (κ2) is 7.79. The van der Waals surface area contributed by atoms with Crippen molar-refractivity contribution in [3.05, 3.63) is 0 Å². The Hall–Kier alpha value is -0.530. The second-order valence-corrected chi connectivity index (χ2v) is 6.82. The van der Waals surface area contributed by atoms with Crippen molar-refractivity contribution in [2.75, 3.05) is 6.61 Å². The highest BCUT2D eigenvalue weighted by atomic mass is 35.6. The van der Waals surface area contributed by atoms with Crippen molar-refractivity contribution >= 4 is 52.2 Å². The molecule has 140 valence electrons. The van der Waals surface area contributed by atoms with Gasteiger partial charge in [0.15, 0.2) is 5.54 Å². The zero-order valence-corrected chi connectivity index (χ0v) is 13.6. The summed E-state index contributed by atoms with van der Waals surface area (Å²) in [7, 11) is 0. The Kier molecular flexibility index (Phi) is 7.62. The molecule has 0 fully saturated rings. The van der Waals surface area contributed by atoms with Crippen LogP contribution in [0.15, 0.2) is 0 Å². The number of alkyl halides is 6. The molecule has 14 heteroatoms. The van der Waals surface area contributed by atoms with Gasteiger partial charge in [-0.25, -0.2) is 0 Å². The van der Waals surface area contributed by atoms with Crippen LogP contribution in [0.4, 0.5) is 13.2 Å². The van der Waals surface area contributed by atoms with E-state index in [1.165, 1.54) is 0 Å². The molecule has 0 saturated heterocycles. The number of aliphatic hydroxyl groups excluding tert-OH is 4. The Morgan fingerprint density at radius 1 is 1.00 bits per heavy atom. The minimum absolute atomic E-state index is 1.25. The van der Waals surface area contributed by atoms with E-state index < -0.39 is 57.8 Å². The molecule has 0 aliphatic carbocycles. The van der Waals surface area contributed by atoms with E-state index in [1.54, 1.807) is 0 Å². The number of aliphatic hydroxyl groups is 4. The number of nitrogens with two attached hydrogens (primary N) is 1. The predicted molar refractivity (Wildman–Crippen MR) is 73.4 cm³/mol. The summed E-state index contributed by atoms with van der Waals surface area (Å²) in [6.07, 6.45) is -13.7. The molecular formula is C10H11Cl3F3NO7. The lowest BCUT2D eigenvalue weighted by molar-refractivity contribution is -0.179. The molecule has 0 spiro atoms. The molecular weight excluding hydrogens is 409 g/mol. The number of carbonyl (C=O) groups is 3. The minimum Gasteiger partial charge on any atom is -0.394 e. The summed E-state index contributed by atoms with van der Waals surface area (Å²) in [4.78, 5) is 34.8. The fourth-order valence-electron chi connectivity index (χ4n) is 1.51. The van der Waals surface area contributed by atoms with E-state index in [-0.39, 0.29) is 0 Å². The third kappa shape index (κ3) is 4.76. The van der Waals surface area contributed by atoms with Crippen LogP contribution in [0.1, 0.15) is 0 Å². The zero-order chi connectivity index (χ0) is 19.7. The summed E-state index contributed by atoms with van der Waals surface area (Å²) in [5, 5.41) is 37.1. The molecule has 0 unspecified atom stereocenters. The monoisotopic (exact) mass is 419 g/mol. The number of halogens is 6. The van der Waals surface area contributed by atoms with Gasteiger partial charge in [0.1, 0.15) is 18.3 Å². The van der Waals surface area contributed by atoms with Crippen LogP contribution in [-0.2, 0) is 14.4 Å². The Morgan fingerprint density at radius 2 is 1.42 bits per heavy atom. The second-order valence-electron chi connectivity index (χ2n) is 4.54. The molecule has 0 aromatic rings. The van der Waals surface area contributed by atoms with Crippen LogP contribution >= 0.6 is 34.8 Å². The van der Waals surface area contributed by atoms with Crippen molar-refractivity contribution < 1.29 is 48.0 Å². The Bertz CT molecular complexity index is 525. The van der Waals surface area contributed by atoms with Crippen molar-refractivity contribution in [3.63, 3.8) is 0 Å². The van der Waals surface area contributed by atoms with Gasteiger partial charge >= 0.3 is 12.0 Å². The van der Waals surface area contributed by atoms with E-state index in [2.05, 4.69) is 0 Å². The lowest BCUT2D eigenvalue weighted by atomic mass is 9.79. The van der Waals surface area contributed by atoms with E-state index in [0.717, 1.165) is 0 Å². The maximum Gasteiger partial charge on any atom is 0.458 e. The number of hydrogen-bond acceptors (Lipinski definition) is 8. The van der Waals surface area contributed by atoms with Crippen molar-refractivity contribution in [2.45, 2.75) is 33.8 Å². The number of Topliss-reactive ketones (excluding diaryl/α,β-unsaturated/α-hetero) is 3. The molecule has 0 saturated carbocycles. The first-order valence-electron chi connectivity index (χ1n) is 5.74. The van der Waals surface area contributed by atoms with Gasteiger partial charge in [-0.05, 0) is 0 Å². The average Bonchev–Trinajstić information content (AvgIpc) is 2.47. The van der Waals surface area contributed by atoms with Crippen LogP contribution in [0.25, 0.3) is 0 Å². The van der Waals surface area contributed by atoms with Gasteiger partial charge in [-0.1, -0.05) is 34.8 Å². The standard InChI is InChI=1S/C10H11Cl3F3NO7/c11-9(12,13)7(24)8(17,4(21)3(20)2(19)1-18)5(22)6(23)10(14,15)16/h2-4,18-21H,1,17H2/t2-,3-,4+,8+/m1/s1. The molecule has 0 heterocycles. The van der Waals surface area contributed by atoms with Crippen LogP contribution in [-0.4, -0.2) is 78.2 Å². The summed E-state index contributed by atoms with van der Waals surface area (Å²) < 4.78 is 34.1. The lowest BCUT2D eigenvalue weighted by Crippen LogP contribution is -2.72. The van der Waals surface area contributed by atoms with E-state index in [4.69, 9.17) is 45.6 Å². The SMILES string of the molecule is N[C@@](C(=O)C(=O)C(F)(F)F)(C(=O)C(Cl)(Cl)Cl)[C@@H](O)[C@H](O)[C@H](O)CO. The zero-order valence-electron chi connectivity index (χ0n) is 11.3. The van der Waals surface area contributed by atoms with E-state index in [9.17, 15) is 42.9 Å². The number of hydrogen-bond donors (Lipinski definition) is 5. The molecule has 0 aliphatic rings. The smallest absolute Gasteiger partial charge is 0.394 e. The van der Waals surface area contributed by atoms with Gasteiger partial charge in [-0.3, -0.25) is 14.4 Å². The molecule has 0 amide bonds. The molecule has 0 aromatic carbocycles. The molecule has 8 nitrogen and oxygen atoms in total. The predicted octanol–water partition coefficient (Wildman–Crippen LogP) is -1.60. The quantitative estimate of drug-likeness (QED) is 0.187. The van der Waals surface area contributed by atoms with Crippen molar-refractivity contribution in [1.29, 1.82) is 0 Å². The van der Waals surface area contributed by atoms with E-state index >= 15 is 0 Å². The van der Waals surface area contributed by atoms with Gasteiger partial charge in [0, 0.05) is 0 Å². The first kappa shape index (κ1) is 23.5. The van der Waals surface area contributed by atoms with Crippen LogP contribution < -0.4 is 5.73 Å². The van der Waals surface area contributed by atoms with Gasteiger partial charge in [0.05, 0.1) is 6.61 Å². The molecule has 6 N–H and O–H groups in total. The first-order chi connectivity index (χ1) is 10.5. The van der Waals surface area contributed by atoms with Gasteiger partial charge in [0.2, 0.25) is 11.6 Å². The minimum atomic E-state index is -5.80. The average molecular weight is 421 g/mol. The number of carbonyl (C=O) groups excluding carboxylic acids is 3. The maximum absolute atomic E-state index is 12.4. The molecule has 0 bridgehead atoms. The normalized spacial score (nSPS) is 19.1. The largest absolute Gasteiger partial charge is 0.458 e. The highest BCUT2D eigenvalue weighted by molar-refractivity contribution is 6.78. The molecule has 0 aliphatic heterocycles. The molecule has 24 heavy (non-hydrogen) atoms. The first-order valence-corrected chi connectivity index (χ1v) is 6.87. The fourth-order valence-corrected chi connectivity index (χ4v) is 1.98. The fraction of sp³-hybridized carbons (Fsp3) is 0.700. The number of rotatable bonds is 7.